The van der Waals surface area contributed by atoms with Crippen LogP contribution in [0.15, 0.2) is 29.2 Å². The molecule has 1 aliphatic carbocycles. The molecule has 1 aliphatic heterocycles. The maximum atomic E-state index is 12.7. The van der Waals surface area contributed by atoms with E-state index in [1.54, 1.807) is 16.4 Å². The van der Waals surface area contributed by atoms with E-state index >= 15 is 0 Å². The number of hydrogen-bond donors (Lipinski definition) is 1. The number of benzene rings is 1. The first kappa shape index (κ1) is 20.3. The Morgan fingerprint density at radius 1 is 1.04 bits per heavy atom. The van der Waals surface area contributed by atoms with Gasteiger partial charge < -0.3 is 5.32 Å². The molecule has 1 heterocycles. The molecular weight excluding hydrogens is 360 g/mol. The normalized spacial score (nSPS) is 24.5. The summed E-state index contributed by atoms with van der Waals surface area (Å²) >= 11 is 0. The summed E-state index contributed by atoms with van der Waals surface area (Å²) in [5, 5.41) is 3.18. The molecule has 2 atom stereocenters. The number of sulfonamides is 1. The Bertz CT molecular complexity index is 724. The molecule has 0 radical (unpaired) electrons. The Morgan fingerprint density at radius 2 is 1.70 bits per heavy atom. The van der Waals surface area contributed by atoms with Crippen molar-refractivity contribution in [2.75, 3.05) is 13.1 Å². The summed E-state index contributed by atoms with van der Waals surface area (Å²) in [5.74, 6) is 0.653. The first-order valence-electron chi connectivity index (χ1n) is 10.4. The van der Waals surface area contributed by atoms with E-state index in [0.29, 0.717) is 42.8 Å². The summed E-state index contributed by atoms with van der Waals surface area (Å²) in [7, 11) is -3.38. The number of carbonyl (C=O) groups excluding carboxylic acids is 1. The molecule has 2 aliphatic rings. The highest BCUT2D eigenvalue weighted by Crippen LogP contribution is 2.24. The van der Waals surface area contributed by atoms with Crippen molar-refractivity contribution in [2.45, 2.75) is 75.6 Å². The molecular formula is C21H32N2O3S. The van der Waals surface area contributed by atoms with E-state index in [1.165, 1.54) is 19.3 Å². The second-order valence-electron chi connectivity index (χ2n) is 8.04. The van der Waals surface area contributed by atoms with Crippen molar-refractivity contribution in [1.29, 1.82) is 0 Å². The van der Waals surface area contributed by atoms with E-state index in [4.69, 9.17) is 0 Å². The Labute approximate surface area is 163 Å². The molecule has 1 N–H and O–H groups in total. The van der Waals surface area contributed by atoms with Gasteiger partial charge in [-0.05, 0) is 55.7 Å². The Balaban J connectivity index is 1.52. The zero-order chi connectivity index (χ0) is 19.3. The van der Waals surface area contributed by atoms with Gasteiger partial charge in [-0.2, -0.15) is 4.31 Å². The van der Waals surface area contributed by atoms with E-state index in [9.17, 15) is 13.2 Å². The van der Waals surface area contributed by atoms with Gasteiger partial charge in [0.05, 0.1) is 4.90 Å². The van der Waals surface area contributed by atoms with Crippen LogP contribution in [0.1, 0.15) is 63.9 Å². The number of aryl methyl sites for hydroxylation is 1. The van der Waals surface area contributed by atoms with Crippen LogP contribution in [0.5, 0.6) is 0 Å². The van der Waals surface area contributed by atoms with Crippen LogP contribution in [-0.4, -0.2) is 37.8 Å². The zero-order valence-corrected chi connectivity index (χ0v) is 17.1. The quantitative estimate of drug-likeness (QED) is 0.806. The largest absolute Gasteiger partial charge is 0.353 e. The van der Waals surface area contributed by atoms with Crippen LogP contribution in [0.25, 0.3) is 0 Å². The van der Waals surface area contributed by atoms with Crippen LogP contribution in [-0.2, 0) is 21.2 Å². The Morgan fingerprint density at radius 3 is 2.37 bits per heavy atom. The first-order valence-corrected chi connectivity index (χ1v) is 11.8. The average Bonchev–Trinajstić information content (AvgIpc) is 2.69. The number of nitrogens with one attached hydrogen (secondary N) is 1. The molecule has 27 heavy (non-hydrogen) atoms. The highest BCUT2D eigenvalue weighted by molar-refractivity contribution is 7.89. The molecule has 1 saturated carbocycles. The van der Waals surface area contributed by atoms with E-state index < -0.39 is 10.0 Å². The molecule has 1 amide bonds. The zero-order valence-electron chi connectivity index (χ0n) is 16.3. The van der Waals surface area contributed by atoms with Crippen molar-refractivity contribution < 1.29 is 13.2 Å². The minimum Gasteiger partial charge on any atom is -0.353 e. The highest BCUT2D eigenvalue weighted by Gasteiger charge is 2.26. The Kier molecular flexibility index (Phi) is 6.93. The van der Waals surface area contributed by atoms with Gasteiger partial charge in [0.2, 0.25) is 15.9 Å². The average molecular weight is 393 g/mol. The number of hydrogen-bond acceptors (Lipinski definition) is 3. The number of nitrogens with zero attached hydrogens (tertiary/aromatic N) is 1. The van der Waals surface area contributed by atoms with Crippen molar-refractivity contribution >= 4 is 15.9 Å². The second-order valence-corrected chi connectivity index (χ2v) is 9.98. The molecule has 0 bridgehead atoms. The first-order chi connectivity index (χ1) is 13.0. The maximum Gasteiger partial charge on any atom is 0.243 e. The lowest BCUT2D eigenvalue weighted by Crippen LogP contribution is -2.41. The summed E-state index contributed by atoms with van der Waals surface area (Å²) in [6.45, 7) is 3.44. The summed E-state index contributed by atoms with van der Waals surface area (Å²) in [5.41, 5.74) is 0.999. The SMILES string of the molecule is C[C@H]1CCCC[C@@H]1NC(=O)CCc1ccc(S(=O)(=O)N2CCCCC2)cc1. The van der Waals surface area contributed by atoms with Crippen LogP contribution >= 0.6 is 0 Å². The maximum absolute atomic E-state index is 12.7. The van der Waals surface area contributed by atoms with Crippen LogP contribution < -0.4 is 5.32 Å². The third-order valence-electron chi connectivity index (χ3n) is 5.97. The van der Waals surface area contributed by atoms with Crippen LogP contribution in [0.3, 0.4) is 0 Å². The van der Waals surface area contributed by atoms with Gasteiger partial charge in [-0.15, -0.1) is 0 Å². The van der Waals surface area contributed by atoms with Crippen LogP contribution in [0.4, 0.5) is 0 Å². The fourth-order valence-electron chi connectivity index (χ4n) is 4.15. The van der Waals surface area contributed by atoms with E-state index in [2.05, 4.69) is 12.2 Å². The van der Waals surface area contributed by atoms with Crippen molar-refractivity contribution in [3.63, 3.8) is 0 Å². The van der Waals surface area contributed by atoms with Gasteiger partial charge in [-0.25, -0.2) is 8.42 Å². The third-order valence-corrected chi connectivity index (χ3v) is 7.89. The number of amides is 1. The van der Waals surface area contributed by atoms with Crippen molar-refractivity contribution in [3.05, 3.63) is 29.8 Å². The lowest BCUT2D eigenvalue weighted by atomic mass is 9.86. The molecule has 3 rings (SSSR count). The van der Waals surface area contributed by atoms with Gasteiger partial charge in [0.25, 0.3) is 0 Å². The van der Waals surface area contributed by atoms with Crippen LogP contribution in [0, 0.1) is 5.92 Å². The predicted molar refractivity (Wildman–Crippen MR) is 107 cm³/mol. The second kappa shape index (κ2) is 9.20. The predicted octanol–water partition coefficient (Wildman–Crippen LogP) is 3.49. The summed E-state index contributed by atoms with van der Waals surface area (Å²) in [6.07, 6.45) is 8.79. The topological polar surface area (TPSA) is 66.5 Å². The van der Waals surface area contributed by atoms with E-state index in [-0.39, 0.29) is 5.91 Å². The summed E-state index contributed by atoms with van der Waals surface area (Å²) in [6, 6.07) is 7.35. The van der Waals surface area contributed by atoms with E-state index in [1.807, 2.05) is 12.1 Å². The van der Waals surface area contributed by atoms with Crippen molar-refractivity contribution in [1.82, 2.24) is 9.62 Å². The lowest BCUT2D eigenvalue weighted by molar-refractivity contribution is -0.122. The minimum atomic E-state index is -3.38. The third kappa shape index (κ3) is 5.32. The fraction of sp³-hybridized carbons (Fsp3) is 0.667. The number of piperidine rings is 1. The molecule has 0 spiro atoms. The van der Waals surface area contributed by atoms with Gasteiger partial charge in [0.15, 0.2) is 0 Å². The molecule has 1 aromatic rings. The van der Waals surface area contributed by atoms with E-state index in [0.717, 1.165) is 31.2 Å². The Hall–Kier alpha value is -1.40. The standard InChI is InChI=1S/C21H32N2O3S/c1-17-7-3-4-8-20(17)22-21(24)14-11-18-9-12-19(13-10-18)27(25,26)23-15-5-2-6-16-23/h9-10,12-13,17,20H,2-8,11,14-16H2,1H3,(H,22,24)/t17-,20-/m0/s1. The van der Waals surface area contributed by atoms with Gasteiger partial charge in [-0.3, -0.25) is 4.79 Å². The van der Waals surface area contributed by atoms with Crippen molar-refractivity contribution in [2.24, 2.45) is 5.92 Å². The fourth-order valence-corrected chi connectivity index (χ4v) is 5.67. The van der Waals surface area contributed by atoms with Gasteiger partial charge in [0, 0.05) is 25.6 Å². The molecule has 6 heteroatoms. The van der Waals surface area contributed by atoms with Gasteiger partial charge >= 0.3 is 0 Å². The van der Waals surface area contributed by atoms with Gasteiger partial charge in [-0.1, -0.05) is 38.3 Å². The minimum absolute atomic E-state index is 0.0961. The molecule has 1 saturated heterocycles. The monoisotopic (exact) mass is 392 g/mol. The van der Waals surface area contributed by atoms with Gasteiger partial charge in [0.1, 0.15) is 0 Å². The molecule has 5 nitrogen and oxygen atoms in total. The molecule has 1 aromatic carbocycles. The molecule has 2 fully saturated rings. The smallest absolute Gasteiger partial charge is 0.243 e. The molecule has 150 valence electrons. The molecule has 0 unspecified atom stereocenters. The highest BCUT2D eigenvalue weighted by atomic mass is 32.2. The van der Waals surface area contributed by atoms with Crippen molar-refractivity contribution in [3.8, 4) is 0 Å². The summed E-state index contributed by atoms with van der Waals surface area (Å²) in [4.78, 5) is 12.6. The van der Waals surface area contributed by atoms with Crippen LogP contribution in [0.2, 0.25) is 0 Å². The molecule has 0 aromatic heterocycles. The summed E-state index contributed by atoms with van der Waals surface area (Å²) < 4.78 is 26.9. The number of carbonyl (C=O) groups is 1. The lowest BCUT2D eigenvalue weighted by Gasteiger charge is -2.29. The number of rotatable bonds is 6.